The van der Waals surface area contributed by atoms with Gasteiger partial charge in [0.25, 0.3) is 11.8 Å². The van der Waals surface area contributed by atoms with Gasteiger partial charge in [-0.25, -0.2) is 0 Å². The first-order valence-electron chi connectivity index (χ1n) is 7.42. The lowest BCUT2D eigenvalue weighted by Crippen LogP contribution is -2.38. The van der Waals surface area contributed by atoms with Gasteiger partial charge in [-0.2, -0.15) is 0 Å². The number of fused-ring (bicyclic) bond motifs is 1. The van der Waals surface area contributed by atoms with Crippen LogP contribution in [0, 0.1) is 0 Å². The predicted molar refractivity (Wildman–Crippen MR) is 83.9 cm³/mol. The van der Waals surface area contributed by atoms with Crippen LogP contribution >= 0.6 is 0 Å². The summed E-state index contributed by atoms with van der Waals surface area (Å²) in [6, 6.07) is 16.3. The Labute approximate surface area is 134 Å². The lowest BCUT2D eigenvalue weighted by molar-refractivity contribution is 0.0120. The largest absolute Gasteiger partial charge is 0.389 e. The first kappa shape index (κ1) is 15.4. The monoisotopic (exact) mass is 311 g/mol. The molecule has 2 aromatic rings. The summed E-state index contributed by atoms with van der Waals surface area (Å²) in [4.78, 5) is 25.5. The summed E-state index contributed by atoms with van der Waals surface area (Å²) in [5.74, 6) is -0.736. The second-order valence-electron chi connectivity index (χ2n) is 5.42. The second kappa shape index (κ2) is 6.73. The number of β-amino-alcohol motifs (C(OH)–C–C–N with tert-alkyl or cyclic N) is 1. The molecule has 1 N–H and O–H groups in total. The highest BCUT2D eigenvalue weighted by Crippen LogP contribution is 2.22. The zero-order valence-electron chi connectivity index (χ0n) is 12.5. The van der Waals surface area contributed by atoms with E-state index in [1.54, 1.807) is 24.3 Å². The number of imide groups is 1. The van der Waals surface area contributed by atoms with E-state index in [-0.39, 0.29) is 25.0 Å². The normalized spacial score (nSPS) is 14.9. The number of hydrogen-bond donors (Lipinski definition) is 1. The molecule has 0 unspecified atom stereocenters. The fourth-order valence-electron chi connectivity index (χ4n) is 2.56. The molecular formula is C18H17NO4. The van der Waals surface area contributed by atoms with Gasteiger partial charge in [-0.05, 0) is 17.7 Å². The number of amides is 2. The summed E-state index contributed by atoms with van der Waals surface area (Å²) in [7, 11) is 0. The SMILES string of the molecule is O=C1c2ccccc2C(=O)N1C[C@H](O)COCc1ccccc1. The van der Waals surface area contributed by atoms with Gasteiger partial charge in [-0.1, -0.05) is 42.5 Å². The van der Waals surface area contributed by atoms with Crippen molar-refractivity contribution in [1.29, 1.82) is 0 Å². The molecule has 1 aliphatic rings. The number of carbonyl (C=O) groups excluding carboxylic acids is 2. The highest BCUT2D eigenvalue weighted by atomic mass is 16.5. The lowest BCUT2D eigenvalue weighted by Gasteiger charge is -2.18. The quantitative estimate of drug-likeness (QED) is 0.827. The first-order chi connectivity index (χ1) is 11.2. The summed E-state index contributed by atoms with van der Waals surface area (Å²) in [5.41, 5.74) is 1.77. The van der Waals surface area contributed by atoms with Crippen molar-refractivity contribution in [3.63, 3.8) is 0 Å². The van der Waals surface area contributed by atoms with Crippen molar-refractivity contribution in [2.45, 2.75) is 12.7 Å². The first-order valence-corrected chi connectivity index (χ1v) is 7.42. The van der Waals surface area contributed by atoms with Crippen LogP contribution < -0.4 is 0 Å². The predicted octanol–water partition coefficient (Wildman–Crippen LogP) is 1.86. The molecule has 5 nitrogen and oxygen atoms in total. The molecule has 0 fully saturated rings. The van der Waals surface area contributed by atoms with Crippen molar-refractivity contribution in [3.8, 4) is 0 Å². The highest BCUT2D eigenvalue weighted by Gasteiger charge is 2.35. The van der Waals surface area contributed by atoms with Crippen LogP contribution in [0.25, 0.3) is 0 Å². The van der Waals surface area contributed by atoms with Crippen LogP contribution in [-0.4, -0.2) is 41.1 Å². The second-order valence-corrected chi connectivity index (χ2v) is 5.42. The molecule has 0 aliphatic carbocycles. The fraction of sp³-hybridized carbons (Fsp3) is 0.222. The number of carbonyl (C=O) groups is 2. The van der Waals surface area contributed by atoms with Gasteiger partial charge in [0.1, 0.15) is 0 Å². The molecule has 1 atom stereocenters. The number of ether oxygens (including phenoxy) is 1. The minimum atomic E-state index is -0.916. The van der Waals surface area contributed by atoms with Crippen molar-refractivity contribution in [1.82, 2.24) is 4.90 Å². The van der Waals surface area contributed by atoms with Crippen LogP contribution in [0.5, 0.6) is 0 Å². The Balaban J connectivity index is 1.54. The minimum Gasteiger partial charge on any atom is -0.389 e. The van der Waals surface area contributed by atoms with Crippen molar-refractivity contribution in [2.24, 2.45) is 0 Å². The van der Waals surface area contributed by atoms with Gasteiger partial charge in [0, 0.05) is 0 Å². The van der Waals surface area contributed by atoms with E-state index < -0.39 is 6.10 Å². The van der Waals surface area contributed by atoms with Crippen LogP contribution in [0.2, 0.25) is 0 Å². The molecule has 0 spiro atoms. The van der Waals surface area contributed by atoms with E-state index in [2.05, 4.69) is 0 Å². The standard InChI is InChI=1S/C18H17NO4/c20-14(12-23-11-13-6-2-1-3-7-13)10-19-17(21)15-8-4-5-9-16(15)18(19)22/h1-9,14,20H,10-12H2/t14-/m0/s1. The van der Waals surface area contributed by atoms with E-state index in [0.29, 0.717) is 17.7 Å². The third-order valence-corrected chi connectivity index (χ3v) is 3.69. The molecule has 2 amide bonds. The van der Waals surface area contributed by atoms with Crippen molar-refractivity contribution < 1.29 is 19.4 Å². The Morgan fingerprint density at radius 1 is 0.913 bits per heavy atom. The summed E-state index contributed by atoms with van der Waals surface area (Å²) in [5, 5.41) is 10.0. The molecule has 0 saturated carbocycles. The number of hydrogen-bond acceptors (Lipinski definition) is 4. The molecule has 1 aliphatic heterocycles. The fourth-order valence-corrected chi connectivity index (χ4v) is 2.56. The van der Waals surface area contributed by atoms with Gasteiger partial charge in [0.15, 0.2) is 0 Å². The zero-order chi connectivity index (χ0) is 16.2. The van der Waals surface area contributed by atoms with Crippen molar-refractivity contribution >= 4 is 11.8 Å². The summed E-state index contributed by atoms with van der Waals surface area (Å²) >= 11 is 0. The van der Waals surface area contributed by atoms with E-state index >= 15 is 0 Å². The van der Waals surface area contributed by atoms with Crippen LogP contribution in [0.4, 0.5) is 0 Å². The molecule has 0 bridgehead atoms. The van der Waals surface area contributed by atoms with Crippen molar-refractivity contribution in [3.05, 3.63) is 71.3 Å². The number of aliphatic hydroxyl groups is 1. The maximum atomic E-state index is 12.2. The molecule has 118 valence electrons. The lowest BCUT2D eigenvalue weighted by atomic mass is 10.1. The van der Waals surface area contributed by atoms with Gasteiger partial charge in [0.05, 0.1) is 37.0 Å². The summed E-state index contributed by atoms with van der Waals surface area (Å²) in [6.07, 6.45) is -0.916. The van der Waals surface area contributed by atoms with E-state index in [1.807, 2.05) is 30.3 Å². The minimum absolute atomic E-state index is 0.0578. The molecular weight excluding hydrogens is 294 g/mol. The Morgan fingerprint density at radius 3 is 2.09 bits per heavy atom. The Bertz CT molecular complexity index is 679. The van der Waals surface area contributed by atoms with Crippen LogP contribution in [-0.2, 0) is 11.3 Å². The average molecular weight is 311 g/mol. The molecule has 3 rings (SSSR count). The number of nitrogens with zero attached hydrogens (tertiary/aromatic N) is 1. The van der Waals surface area contributed by atoms with Gasteiger partial charge in [-0.15, -0.1) is 0 Å². The van der Waals surface area contributed by atoms with E-state index in [9.17, 15) is 14.7 Å². The Kier molecular flexibility index (Phi) is 4.50. The van der Waals surface area contributed by atoms with E-state index in [4.69, 9.17) is 4.74 Å². The highest BCUT2D eigenvalue weighted by molar-refractivity contribution is 6.21. The number of rotatable bonds is 6. The average Bonchev–Trinajstić information content (AvgIpc) is 2.81. The van der Waals surface area contributed by atoms with Crippen LogP contribution in [0.3, 0.4) is 0 Å². The molecule has 5 heteroatoms. The van der Waals surface area contributed by atoms with E-state index in [1.165, 1.54) is 0 Å². The molecule has 2 aromatic carbocycles. The Morgan fingerprint density at radius 2 is 1.48 bits per heavy atom. The third-order valence-electron chi connectivity index (χ3n) is 3.69. The van der Waals surface area contributed by atoms with Gasteiger partial charge >= 0.3 is 0 Å². The molecule has 0 aromatic heterocycles. The van der Waals surface area contributed by atoms with Crippen molar-refractivity contribution in [2.75, 3.05) is 13.2 Å². The van der Waals surface area contributed by atoms with Crippen LogP contribution in [0.15, 0.2) is 54.6 Å². The Hall–Kier alpha value is -2.50. The van der Waals surface area contributed by atoms with Crippen LogP contribution in [0.1, 0.15) is 26.3 Å². The topological polar surface area (TPSA) is 66.8 Å². The zero-order valence-corrected chi connectivity index (χ0v) is 12.5. The van der Waals surface area contributed by atoms with E-state index in [0.717, 1.165) is 10.5 Å². The summed E-state index contributed by atoms with van der Waals surface area (Å²) in [6.45, 7) is 0.365. The third kappa shape index (κ3) is 3.31. The molecule has 0 radical (unpaired) electrons. The molecule has 1 heterocycles. The smallest absolute Gasteiger partial charge is 0.261 e. The van der Waals surface area contributed by atoms with Gasteiger partial charge in [0.2, 0.25) is 0 Å². The number of benzene rings is 2. The molecule has 0 saturated heterocycles. The van der Waals surface area contributed by atoms with Gasteiger partial charge < -0.3 is 9.84 Å². The number of aliphatic hydroxyl groups excluding tert-OH is 1. The van der Waals surface area contributed by atoms with Gasteiger partial charge in [-0.3, -0.25) is 14.5 Å². The maximum Gasteiger partial charge on any atom is 0.261 e. The molecule has 23 heavy (non-hydrogen) atoms. The maximum absolute atomic E-state index is 12.2. The summed E-state index contributed by atoms with van der Waals surface area (Å²) < 4.78 is 5.44.